The van der Waals surface area contributed by atoms with Gasteiger partial charge in [-0.15, -0.1) is 11.3 Å². The number of nitrogens with one attached hydrogen (secondary N) is 1. The quantitative estimate of drug-likeness (QED) is 0.607. The van der Waals surface area contributed by atoms with Crippen LogP contribution in [0.1, 0.15) is 0 Å². The third-order valence-corrected chi connectivity index (χ3v) is 5.38. The van der Waals surface area contributed by atoms with Crippen LogP contribution in [-0.2, 0) is 0 Å². The monoisotopic (exact) mass is 362 g/mol. The number of thiazole rings is 1. The molecule has 0 radical (unpaired) electrons. The maximum absolute atomic E-state index is 4.85. The second-order valence-corrected chi connectivity index (χ2v) is 7.09. The van der Waals surface area contributed by atoms with E-state index in [1.165, 1.54) is 0 Å². The van der Waals surface area contributed by atoms with Crippen molar-refractivity contribution in [2.75, 3.05) is 31.1 Å². The van der Waals surface area contributed by atoms with E-state index in [-0.39, 0.29) is 0 Å². The lowest BCUT2D eigenvalue weighted by Crippen LogP contribution is -2.43. The number of nitrogens with zero attached hydrogens (tertiary/aromatic N) is 5. The molecule has 7 heteroatoms. The lowest BCUT2D eigenvalue weighted by Gasteiger charge is -2.28. The molecule has 26 heavy (non-hydrogen) atoms. The highest BCUT2D eigenvalue weighted by atomic mass is 32.1. The van der Waals surface area contributed by atoms with E-state index >= 15 is 0 Å². The van der Waals surface area contributed by atoms with E-state index in [9.17, 15) is 0 Å². The molecule has 0 saturated carbocycles. The lowest BCUT2D eigenvalue weighted by atomic mass is 10.2. The average Bonchev–Trinajstić information content (AvgIpc) is 3.36. The second kappa shape index (κ2) is 6.51. The van der Waals surface area contributed by atoms with Crippen molar-refractivity contribution in [1.29, 1.82) is 0 Å². The van der Waals surface area contributed by atoms with Crippen LogP contribution in [0.3, 0.4) is 0 Å². The first-order valence-electron chi connectivity index (χ1n) is 8.69. The number of rotatable bonds is 3. The molecule has 1 aliphatic heterocycles. The zero-order chi connectivity index (χ0) is 17.3. The van der Waals surface area contributed by atoms with E-state index in [0.29, 0.717) is 0 Å². The Bertz CT molecular complexity index is 1020. The van der Waals surface area contributed by atoms with Gasteiger partial charge in [-0.05, 0) is 24.3 Å². The Hall–Kier alpha value is -2.77. The molecule has 4 heterocycles. The van der Waals surface area contributed by atoms with Crippen molar-refractivity contribution >= 4 is 28.2 Å². The van der Waals surface area contributed by atoms with E-state index in [1.54, 1.807) is 11.3 Å². The molecule has 0 unspecified atom stereocenters. The van der Waals surface area contributed by atoms with Crippen LogP contribution >= 0.6 is 11.3 Å². The van der Waals surface area contributed by atoms with Gasteiger partial charge in [-0.2, -0.15) is 0 Å². The normalized spacial score (nSPS) is 14.8. The Kier molecular flexibility index (Phi) is 3.88. The minimum Gasteiger partial charge on any atom is -0.354 e. The van der Waals surface area contributed by atoms with E-state index in [2.05, 4.69) is 38.0 Å². The van der Waals surface area contributed by atoms with E-state index in [1.807, 2.05) is 36.0 Å². The summed E-state index contributed by atoms with van der Waals surface area (Å²) in [4.78, 5) is 16.3. The highest BCUT2D eigenvalue weighted by Gasteiger charge is 2.17. The van der Waals surface area contributed by atoms with Gasteiger partial charge in [0.1, 0.15) is 11.6 Å². The average molecular weight is 362 g/mol. The predicted molar refractivity (Wildman–Crippen MR) is 105 cm³/mol. The Morgan fingerprint density at radius 2 is 1.88 bits per heavy atom. The van der Waals surface area contributed by atoms with Crippen LogP contribution in [0.4, 0.5) is 5.82 Å². The Morgan fingerprint density at radius 3 is 2.65 bits per heavy atom. The van der Waals surface area contributed by atoms with E-state index in [0.717, 1.165) is 59.5 Å². The maximum atomic E-state index is 4.85. The molecule has 1 aliphatic rings. The Balaban J connectivity index is 1.59. The maximum Gasteiger partial charge on any atom is 0.195 e. The molecule has 0 atom stereocenters. The molecule has 0 spiro atoms. The predicted octanol–water partition coefficient (Wildman–Crippen LogP) is 2.95. The van der Waals surface area contributed by atoms with Gasteiger partial charge < -0.3 is 10.2 Å². The third-order valence-electron chi connectivity index (χ3n) is 4.62. The first-order chi connectivity index (χ1) is 12.9. The number of para-hydroxylation sites is 2. The van der Waals surface area contributed by atoms with Gasteiger partial charge in [0.25, 0.3) is 0 Å². The highest BCUT2D eigenvalue weighted by molar-refractivity contribution is 7.12. The fourth-order valence-corrected chi connectivity index (χ4v) is 3.99. The fourth-order valence-electron chi connectivity index (χ4n) is 3.34. The number of anilines is 1. The number of aromatic nitrogens is 4. The number of piperazine rings is 1. The van der Waals surface area contributed by atoms with Gasteiger partial charge in [0.2, 0.25) is 0 Å². The smallest absolute Gasteiger partial charge is 0.195 e. The summed E-state index contributed by atoms with van der Waals surface area (Å²) in [6, 6.07) is 12.4. The SMILES string of the molecule is c1ccc2c(c1)nc(-c1ccc(N3CCNCC3)nc1)n2-c1nccs1. The number of imidazole rings is 1. The van der Waals surface area contributed by atoms with Crippen molar-refractivity contribution in [3.05, 3.63) is 54.2 Å². The topological polar surface area (TPSA) is 58.9 Å². The Morgan fingerprint density at radius 1 is 1.00 bits per heavy atom. The van der Waals surface area contributed by atoms with Gasteiger partial charge in [0.05, 0.1) is 11.0 Å². The molecule has 130 valence electrons. The van der Waals surface area contributed by atoms with Gasteiger partial charge in [-0.25, -0.2) is 15.0 Å². The lowest BCUT2D eigenvalue weighted by molar-refractivity contribution is 0.585. The second-order valence-electron chi connectivity index (χ2n) is 6.22. The number of benzene rings is 1. The van der Waals surface area contributed by atoms with Crippen LogP contribution in [0, 0.1) is 0 Å². The number of hydrogen-bond acceptors (Lipinski definition) is 6. The molecule has 0 bridgehead atoms. The number of hydrogen-bond donors (Lipinski definition) is 1. The van der Waals surface area contributed by atoms with Gasteiger partial charge in [-0.3, -0.25) is 4.57 Å². The molecular formula is C19H18N6S. The van der Waals surface area contributed by atoms with Crippen LogP contribution in [0.15, 0.2) is 54.2 Å². The molecule has 1 fully saturated rings. The van der Waals surface area contributed by atoms with Crippen LogP contribution in [0.2, 0.25) is 0 Å². The van der Waals surface area contributed by atoms with Gasteiger partial charge in [0.15, 0.2) is 5.13 Å². The van der Waals surface area contributed by atoms with Crippen molar-refractivity contribution in [3.8, 4) is 16.5 Å². The summed E-state index contributed by atoms with van der Waals surface area (Å²) < 4.78 is 2.11. The summed E-state index contributed by atoms with van der Waals surface area (Å²) in [5, 5.41) is 6.27. The van der Waals surface area contributed by atoms with Crippen molar-refractivity contribution < 1.29 is 0 Å². The Labute approximate surface area is 155 Å². The van der Waals surface area contributed by atoms with Crippen molar-refractivity contribution in [2.24, 2.45) is 0 Å². The third kappa shape index (κ3) is 2.65. The largest absolute Gasteiger partial charge is 0.354 e. The highest BCUT2D eigenvalue weighted by Crippen LogP contribution is 2.29. The summed E-state index contributed by atoms with van der Waals surface area (Å²) in [7, 11) is 0. The van der Waals surface area contributed by atoms with Crippen LogP contribution in [0.25, 0.3) is 27.6 Å². The minimum atomic E-state index is 0.875. The zero-order valence-electron chi connectivity index (χ0n) is 14.2. The summed E-state index contributed by atoms with van der Waals surface area (Å²) in [6.45, 7) is 3.99. The molecule has 1 saturated heterocycles. The summed E-state index contributed by atoms with van der Waals surface area (Å²) in [6.07, 6.45) is 3.74. The summed E-state index contributed by atoms with van der Waals surface area (Å²) in [5.41, 5.74) is 3.02. The molecule has 1 N–H and O–H groups in total. The molecule has 3 aromatic heterocycles. The molecule has 1 aromatic carbocycles. The van der Waals surface area contributed by atoms with E-state index < -0.39 is 0 Å². The van der Waals surface area contributed by atoms with Crippen molar-refractivity contribution in [1.82, 2.24) is 24.8 Å². The van der Waals surface area contributed by atoms with Crippen LogP contribution in [-0.4, -0.2) is 45.7 Å². The summed E-state index contributed by atoms with van der Waals surface area (Å²) >= 11 is 1.61. The molecule has 4 aromatic rings. The molecule has 0 aliphatic carbocycles. The minimum absolute atomic E-state index is 0.875. The summed E-state index contributed by atoms with van der Waals surface area (Å²) in [5.74, 6) is 1.90. The zero-order valence-corrected chi connectivity index (χ0v) is 15.0. The molecule has 5 rings (SSSR count). The van der Waals surface area contributed by atoms with Crippen LogP contribution in [0.5, 0.6) is 0 Å². The van der Waals surface area contributed by atoms with Gasteiger partial charge in [-0.1, -0.05) is 12.1 Å². The standard InChI is InChI=1S/C19H18N6S/c1-2-4-16-15(3-1)23-18(25(16)19-21-9-12-26-19)14-5-6-17(22-13-14)24-10-7-20-8-11-24/h1-6,9,12-13,20H,7-8,10-11H2. The number of pyridine rings is 1. The van der Waals surface area contributed by atoms with Crippen molar-refractivity contribution in [2.45, 2.75) is 0 Å². The molecule has 6 nitrogen and oxygen atoms in total. The molecule has 0 amide bonds. The van der Waals surface area contributed by atoms with Gasteiger partial charge in [0, 0.05) is 49.5 Å². The number of fused-ring (bicyclic) bond motifs is 1. The van der Waals surface area contributed by atoms with Gasteiger partial charge >= 0.3 is 0 Å². The van der Waals surface area contributed by atoms with Crippen molar-refractivity contribution in [3.63, 3.8) is 0 Å². The van der Waals surface area contributed by atoms with E-state index in [4.69, 9.17) is 9.97 Å². The first-order valence-corrected chi connectivity index (χ1v) is 9.57. The molecular weight excluding hydrogens is 344 g/mol. The fraction of sp³-hybridized carbons (Fsp3) is 0.211. The van der Waals surface area contributed by atoms with Crippen LogP contribution < -0.4 is 10.2 Å². The first kappa shape index (κ1) is 15.5.